The Hall–Kier alpha value is -1.02. The summed E-state index contributed by atoms with van der Waals surface area (Å²) >= 11 is 0. The van der Waals surface area contributed by atoms with E-state index in [0.717, 1.165) is 30.6 Å². The van der Waals surface area contributed by atoms with E-state index in [-0.39, 0.29) is 0 Å². The van der Waals surface area contributed by atoms with Crippen LogP contribution in [0.1, 0.15) is 45.6 Å². The van der Waals surface area contributed by atoms with Crippen molar-refractivity contribution in [2.75, 3.05) is 0 Å². The normalized spacial score (nSPS) is 19.1. The Morgan fingerprint density at radius 3 is 2.71 bits per heavy atom. The van der Waals surface area contributed by atoms with E-state index in [1.165, 1.54) is 0 Å². The van der Waals surface area contributed by atoms with Gasteiger partial charge in [0.05, 0.1) is 11.7 Å². The van der Waals surface area contributed by atoms with Crippen LogP contribution < -0.4 is 4.74 Å². The van der Waals surface area contributed by atoms with Gasteiger partial charge in [0, 0.05) is 0 Å². The Bertz CT molecular complexity index is 378. The third-order valence-corrected chi connectivity index (χ3v) is 3.09. The van der Waals surface area contributed by atoms with Crippen LogP contribution in [0.5, 0.6) is 5.75 Å². The fourth-order valence-electron chi connectivity index (χ4n) is 2.20. The highest BCUT2D eigenvalue weighted by Gasteiger charge is 2.26. The predicted molar refractivity (Wildman–Crippen MR) is 69.1 cm³/mol. The molecule has 0 aromatic heterocycles. The molecule has 0 amide bonds. The molecule has 1 aromatic carbocycles. The molecule has 0 radical (unpaired) electrons. The quantitative estimate of drug-likeness (QED) is 0.845. The summed E-state index contributed by atoms with van der Waals surface area (Å²) < 4.78 is 5.75. The summed E-state index contributed by atoms with van der Waals surface area (Å²) in [6.45, 7) is 6.13. The molecule has 1 aliphatic carbocycles. The minimum absolute atomic E-state index is 0.403. The summed E-state index contributed by atoms with van der Waals surface area (Å²) in [5.41, 5.74) is 0.182. The Morgan fingerprint density at radius 2 is 2.12 bits per heavy atom. The molecular formula is C15H22O2. The van der Waals surface area contributed by atoms with Crippen molar-refractivity contribution in [3.05, 3.63) is 29.8 Å². The number of hydrogen-bond donors (Lipinski definition) is 1. The third kappa shape index (κ3) is 3.47. The smallest absolute Gasteiger partial charge is 0.120 e. The maximum atomic E-state index is 10.5. The molecule has 2 heteroatoms. The van der Waals surface area contributed by atoms with E-state index in [0.29, 0.717) is 12.0 Å². The van der Waals surface area contributed by atoms with Crippen LogP contribution in [-0.2, 0) is 5.60 Å². The van der Waals surface area contributed by atoms with E-state index < -0.39 is 5.60 Å². The average molecular weight is 234 g/mol. The van der Waals surface area contributed by atoms with Crippen LogP contribution in [-0.4, -0.2) is 11.2 Å². The number of aliphatic hydroxyl groups is 1. The van der Waals surface area contributed by atoms with Crippen LogP contribution in [0.2, 0.25) is 0 Å². The highest BCUT2D eigenvalue weighted by atomic mass is 16.5. The van der Waals surface area contributed by atoms with E-state index in [1.54, 1.807) is 0 Å². The molecule has 0 aliphatic heterocycles. The predicted octanol–water partition coefficient (Wildman–Crippen LogP) is 3.48. The van der Waals surface area contributed by atoms with Gasteiger partial charge in [-0.25, -0.2) is 0 Å². The second-order valence-electron chi connectivity index (χ2n) is 5.72. The van der Waals surface area contributed by atoms with Crippen LogP contribution in [0, 0.1) is 5.92 Å². The molecule has 1 unspecified atom stereocenters. The van der Waals surface area contributed by atoms with Gasteiger partial charge in [0.2, 0.25) is 0 Å². The highest BCUT2D eigenvalue weighted by molar-refractivity contribution is 5.32. The van der Waals surface area contributed by atoms with Gasteiger partial charge in [-0.3, -0.25) is 0 Å². The average Bonchev–Trinajstić information content (AvgIpc) is 3.00. The van der Waals surface area contributed by atoms with E-state index >= 15 is 0 Å². The minimum atomic E-state index is -0.767. The zero-order valence-corrected chi connectivity index (χ0v) is 10.9. The van der Waals surface area contributed by atoms with Gasteiger partial charge in [-0.05, 0) is 49.8 Å². The first kappa shape index (κ1) is 12.4. The molecule has 1 saturated carbocycles. The Labute approximate surface area is 104 Å². The number of hydrogen-bond acceptors (Lipinski definition) is 2. The molecule has 2 nitrogen and oxygen atoms in total. The van der Waals surface area contributed by atoms with Gasteiger partial charge >= 0.3 is 0 Å². The molecule has 0 spiro atoms. The number of ether oxygens (including phenoxy) is 1. The molecular weight excluding hydrogens is 212 g/mol. The van der Waals surface area contributed by atoms with Crippen LogP contribution in [0.25, 0.3) is 0 Å². The molecule has 2 rings (SSSR count). The molecule has 0 saturated heterocycles. The molecule has 94 valence electrons. The largest absolute Gasteiger partial charge is 0.490 e. The summed E-state index contributed by atoms with van der Waals surface area (Å²) in [4.78, 5) is 0. The summed E-state index contributed by atoms with van der Waals surface area (Å²) in [5.74, 6) is 1.35. The molecule has 1 aromatic rings. The van der Waals surface area contributed by atoms with Crippen molar-refractivity contribution in [1.29, 1.82) is 0 Å². The van der Waals surface area contributed by atoms with Crippen molar-refractivity contribution in [3.63, 3.8) is 0 Å². The third-order valence-electron chi connectivity index (χ3n) is 3.09. The van der Waals surface area contributed by atoms with Gasteiger partial charge in [-0.2, -0.15) is 0 Å². The molecule has 1 aliphatic rings. The lowest BCUT2D eigenvalue weighted by atomic mass is 9.87. The van der Waals surface area contributed by atoms with Gasteiger partial charge in [0.25, 0.3) is 0 Å². The first-order valence-corrected chi connectivity index (χ1v) is 6.47. The standard InChI is InChI=1S/C15H22O2/c1-11(2)10-15(3,16)12-5-4-6-14(9-12)17-13-7-8-13/h4-6,9,11,13,16H,7-8,10H2,1-3H3. The van der Waals surface area contributed by atoms with Crippen molar-refractivity contribution in [3.8, 4) is 5.75 Å². The lowest BCUT2D eigenvalue weighted by molar-refractivity contribution is 0.0346. The lowest BCUT2D eigenvalue weighted by Gasteiger charge is -2.26. The summed E-state index contributed by atoms with van der Waals surface area (Å²) in [5, 5.41) is 10.5. The van der Waals surface area contributed by atoms with Crippen LogP contribution in [0.15, 0.2) is 24.3 Å². The van der Waals surface area contributed by atoms with Crippen LogP contribution in [0.4, 0.5) is 0 Å². The van der Waals surface area contributed by atoms with Crippen molar-refractivity contribution in [2.24, 2.45) is 5.92 Å². The van der Waals surface area contributed by atoms with E-state index in [1.807, 2.05) is 31.2 Å². The zero-order valence-electron chi connectivity index (χ0n) is 10.9. The molecule has 0 bridgehead atoms. The maximum Gasteiger partial charge on any atom is 0.120 e. The topological polar surface area (TPSA) is 29.5 Å². The van der Waals surface area contributed by atoms with Gasteiger partial charge in [-0.15, -0.1) is 0 Å². The van der Waals surface area contributed by atoms with Crippen molar-refractivity contribution in [2.45, 2.75) is 51.7 Å². The summed E-state index contributed by atoms with van der Waals surface area (Å²) in [6.07, 6.45) is 3.49. The van der Waals surface area contributed by atoms with E-state index in [9.17, 15) is 5.11 Å². The van der Waals surface area contributed by atoms with Crippen molar-refractivity contribution >= 4 is 0 Å². The Kier molecular flexibility index (Phi) is 3.43. The van der Waals surface area contributed by atoms with Crippen LogP contribution >= 0.6 is 0 Å². The van der Waals surface area contributed by atoms with Crippen molar-refractivity contribution in [1.82, 2.24) is 0 Å². The van der Waals surface area contributed by atoms with Gasteiger partial charge in [-0.1, -0.05) is 26.0 Å². The lowest BCUT2D eigenvalue weighted by Crippen LogP contribution is -2.23. The van der Waals surface area contributed by atoms with E-state index in [4.69, 9.17) is 4.74 Å². The first-order valence-electron chi connectivity index (χ1n) is 6.47. The highest BCUT2D eigenvalue weighted by Crippen LogP contribution is 2.32. The Morgan fingerprint density at radius 1 is 1.41 bits per heavy atom. The van der Waals surface area contributed by atoms with Gasteiger partial charge in [0.15, 0.2) is 0 Å². The first-order chi connectivity index (χ1) is 7.97. The number of benzene rings is 1. The monoisotopic (exact) mass is 234 g/mol. The fraction of sp³-hybridized carbons (Fsp3) is 0.600. The minimum Gasteiger partial charge on any atom is -0.490 e. The summed E-state index contributed by atoms with van der Waals surface area (Å²) in [7, 11) is 0. The molecule has 0 heterocycles. The van der Waals surface area contributed by atoms with E-state index in [2.05, 4.69) is 13.8 Å². The second-order valence-corrected chi connectivity index (χ2v) is 5.72. The molecule has 1 atom stereocenters. The molecule has 1 N–H and O–H groups in total. The second kappa shape index (κ2) is 4.69. The van der Waals surface area contributed by atoms with Gasteiger partial charge in [0.1, 0.15) is 5.75 Å². The SMILES string of the molecule is CC(C)CC(C)(O)c1cccc(OC2CC2)c1. The fourth-order valence-corrected chi connectivity index (χ4v) is 2.20. The maximum absolute atomic E-state index is 10.5. The summed E-state index contributed by atoms with van der Waals surface area (Å²) in [6, 6.07) is 7.87. The molecule has 1 fully saturated rings. The van der Waals surface area contributed by atoms with Gasteiger partial charge < -0.3 is 9.84 Å². The Balaban J connectivity index is 2.13. The number of rotatable bonds is 5. The van der Waals surface area contributed by atoms with Crippen molar-refractivity contribution < 1.29 is 9.84 Å². The zero-order chi connectivity index (χ0) is 12.5. The van der Waals surface area contributed by atoms with Crippen LogP contribution in [0.3, 0.4) is 0 Å². The molecule has 17 heavy (non-hydrogen) atoms.